The van der Waals surface area contributed by atoms with Crippen LogP contribution in [0.15, 0.2) is 15.3 Å². The molecule has 2 heterocycles. The van der Waals surface area contributed by atoms with Gasteiger partial charge in [-0.15, -0.1) is 0 Å². The van der Waals surface area contributed by atoms with Crippen LogP contribution in [0.1, 0.15) is 0 Å². The lowest BCUT2D eigenvalue weighted by molar-refractivity contribution is -0.0941. The number of nitrogens with zero attached hydrogens (tertiary/aromatic N) is 3. The Labute approximate surface area is 123 Å². The van der Waals surface area contributed by atoms with Gasteiger partial charge in [0.15, 0.2) is 5.70 Å². The second-order valence-electron chi connectivity index (χ2n) is 5.03. The van der Waals surface area contributed by atoms with Gasteiger partial charge in [0.1, 0.15) is 10.4 Å². The molecule has 114 valence electrons. The van der Waals surface area contributed by atoms with Crippen LogP contribution >= 0.6 is 15.9 Å². The Morgan fingerprint density at radius 3 is 2.80 bits per heavy atom. The van der Waals surface area contributed by atoms with Crippen LogP contribution in [0, 0.1) is 0 Å². The molecule has 1 fully saturated rings. The van der Waals surface area contributed by atoms with E-state index in [1.54, 1.807) is 4.90 Å². The molecule has 0 unspecified atom stereocenters. The molecule has 0 aromatic carbocycles. The minimum Gasteiger partial charge on any atom is -0.386 e. The Bertz CT molecular complexity index is 434. The third-order valence-corrected chi connectivity index (χ3v) is 4.13. The fourth-order valence-electron chi connectivity index (χ4n) is 2.34. The summed E-state index contributed by atoms with van der Waals surface area (Å²) in [5.74, 6) is -0.0234. The maximum atomic E-state index is 12.9. The molecule has 20 heavy (non-hydrogen) atoms. The Hall–Kier alpha value is -0.800. The second kappa shape index (κ2) is 5.90. The van der Waals surface area contributed by atoms with Gasteiger partial charge in [-0.2, -0.15) is 13.2 Å². The molecule has 2 aliphatic rings. The zero-order valence-electron chi connectivity index (χ0n) is 11.0. The molecule has 0 radical (unpaired) electrons. The molecule has 0 aromatic rings. The van der Waals surface area contributed by atoms with Crippen molar-refractivity contribution >= 4 is 21.8 Å². The highest BCUT2D eigenvalue weighted by molar-refractivity contribution is 9.11. The first-order chi connectivity index (χ1) is 9.27. The van der Waals surface area contributed by atoms with Gasteiger partial charge in [-0.05, 0) is 23.0 Å². The van der Waals surface area contributed by atoms with Crippen molar-refractivity contribution in [3.63, 3.8) is 0 Å². The number of rotatable bonds is 2. The highest BCUT2D eigenvalue weighted by Crippen LogP contribution is 2.35. The molecule has 0 aromatic heterocycles. The molecule has 2 rings (SSSR count). The number of aliphatic imine (C=N–C) groups is 1. The maximum absolute atomic E-state index is 12.9. The number of nitrogens with two attached hydrogens (primary N) is 1. The van der Waals surface area contributed by atoms with Gasteiger partial charge in [0, 0.05) is 32.2 Å². The Morgan fingerprint density at radius 1 is 1.50 bits per heavy atom. The second-order valence-corrected chi connectivity index (χ2v) is 5.79. The van der Waals surface area contributed by atoms with Gasteiger partial charge in [-0.25, -0.2) is 4.99 Å². The SMILES string of the molecule is CN1CCN[C@@H](CN2CC(N)=NC(C(F)(F)F)=C2Br)C1. The van der Waals surface area contributed by atoms with E-state index in [1.807, 2.05) is 7.05 Å². The quantitative estimate of drug-likeness (QED) is 0.715. The summed E-state index contributed by atoms with van der Waals surface area (Å²) in [4.78, 5) is 7.14. The smallest absolute Gasteiger partial charge is 0.386 e. The molecule has 5 nitrogen and oxygen atoms in total. The monoisotopic (exact) mass is 355 g/mol. The van der Waals surface area contributed by atoms with Crippen LogP contribution in [0.2, 0.25) is 0 Å². The number of allylic oxidation sites excluding steroid dienone is 1. The van der Waals surface area contributed by atoms with Gasteiger partial charge in [0.25, 0.3) is 0 Å². The number of piperazine rings is 1. The third kappa shape index (κ3) is 3.64. The van der Waals surface area contributed by atoms with E-state index in [0.717, 1.165) is 19.6 Å². The first-order valence-corrected chi connectivity index (χ1v) is 7.03. The highest BCUT2D eigenvalue weighted by atomic mass is 79.9. The first-order valence-electron chi connectivity index (χ1n) is 6.24. The fraction of sp³-hybridized carbons (Fsp3) is 0.727. The average Bonchev–Trinajstić information content (AvgIpc) is 2.32. The minimum atomic E-state index is -4.51. The first kappa shape index (κ1) is 15.6. The summed E-state index contributed by atoms with van der Waals surface area (Å²) in [5.41, 5.74) is 4.56. The summed E-state index contributed by atoms with van der Waals surface area (Å²) in [6, 6.07) is 0.0988. The van der Waals surface area contributed by atoms with Crippen molar-refractivity contribution in [3.8, 4) is 0 Å². The predicted octanol–water partition coefficient (Wildman–Crippen LogP) is 0.689. The molecule has 0 aliphatic carbocycles. The van der Waals surface area contributed by atoms with E-state index in [-0.39, 0.29) is 23.0 Å². The molecule has 1 atom stereocenters. The summed E-state index contributed by atoms with van der Waals surface area (Å²) < 4.78 is 38.6. The summed E-state index contributed by atoms with van der Waals surface area (Å²) in [6.07, 6.45) is -4.51. The molecule has 9 heteroatoms. The molecule has 3 N–H and O–H groups in total. The third-order valence-electron chi connectivity index (χ3n) is 3.25. The standard InChI is InChI=1S/C11H17BrF3N5/c1-19-3-2-17-7(4-19)5-20-6-8(16)18-9(10(20)12)11(13,14)15/h7,17H,2-6H2,1H3,(H2,16,18)/t7-/m1/s1. The van der Waals surface area contributed by atoms with Crippen LogP contribution < -0.4 is 11.1 Å². The van der Waals surface area contributed by atoms with Crippen molar-refractivity contribution in [1.82, 2.24) is 15.1 Å². The number of amidine groups is 1. The summed E-state index contributed by atoms with van der Waals surface area (Å²) >= 11 is 3.01. The number of hydrogen-bond donors (Lipinski definition) is 2. The summed E-state index contributed by atoms with van der Waals surface area (Å²) in [7, 11) is 1.99. The average molecular weight is 356 g/mol. The van der Waals surface area contributed by atoms with Crippen LogP contribution in [0.4, 0.5) is 13.2 Å². The van der Waals surface area contributed by atoms with E-state index in [0.29, 0.717) is 6.54 Å². The van der Waals surface area contributed by atoms with Gasteiger partial charge < -0.3 is 20.9 Å². The Morgan fingerprint density at radius 2 is 2.20 bits per heavy atom. The van der Waals surface area contributed by atoms with Gasteiger partial charge in [-0.3, -0.25) is 0 Å². The van der Waals surface area contributed by atoms with Crippen molar-refractivity contribution in [1.29, 1.82) is 0 Å². The molecule has 0 amide bonds. The molecule has 0 spiro atoms. The largest absolute Gasteiger partial charge is 0.436 e. The lowest BCUT2D eigenvalue weighted by Crippen LogP contribution is -2.54. The number of likely N-dealkylation sites (N-methyl/N-ethyl adjacent to an activating group) is 1. The van der Waals surface area contributed by atoms with Crippen LogP contribution in [-0.4, -0.2) is 67.6 Å². The number of hydrogen-bond acceptors (Lipinski definition) is 5. The number of nitrogens with one attached hydrogen (secondary N) is 1. The van der Waals surface area contributed by atoms with Crippen LogP contribution in [0.3, 0.4) is 0 Å². The van der Waals surface area contributed by atoms with Crippen LogP contribution in [-0.2, 0) is 0 Å². The lowest BCUT2D eigenvalue weighted by atomic mass is 10.2. The van der Waals surface area contributed by atoms with Crippen LogP contribution in [0.25, 0.3) is 0 Å². The van der Waals surface area contributed by atoms with Crippen molar-refractivity contribution in [2.24, 2.45) is 10.7 Å². The van der Waals surface area contributed by atoms with Gasteiger partial charge in [-0.1, -0.05) is 0 Å². The van der Waals surface area contributed by atoms with Gasteiger partial charge in [0.05, 0.1) is 6.54 Å². The predicted molar refractivity (Wildman–Crippen MR) is 74.5 cm³/mol. The van der Waals surface area contributed by atoms with Gasteiger partial charge in [0.2, 0.25) is 0 Å². The zero-order valence-corrected chi connectivity index (χ0v) is 12.6. The zero-order chi connectivity index (χ0) is 14.9. The normalized spacial score (nSPS) is 25.9. The molecule has 1 saturated heterocycles. The Kier molecular flexibility index (Phi) is 4.60. The highest BCUT2D eigenvalue weighted by Gasteiger charge is 2.40. The van der Waals surface area contributed by atoms with E-state index >= 15 is 0 Å². The summed E-state index contributed by atoms with van der Waals surface area (Å²) in [5, 5.41) is 3.30. The number of halogens is 4. The van der Waals surface area contributed by atoms with Crippen molar-refractivity contribution in [3.05, 3.63) is 10.3 Å². The molecule has 0 bridgehead atoms. The van der Waals surface area contributed by atoms with E-state index in [4.69, 9.17) is 5.73 Å². The topological polar surface area (TPSA) is 56.9 Å². The molecule has 0 saturated carbocycles. The maximum Gasteiger partial charge on any atom is 0.436 e. The Balaban J connectivity index is 2.12. The summed E-state index contributed by atoms with van der Waals surface area (Å²) in [6.45, 7) is 3.19. The van der Waals surface area contributed by atoms with E-state index in [2.05, 4.69) is 31.1 Å². The molecule has 2 aliphatic heterocycles. The fourth-order valence-corrected chi connectivity index (χ4v) is 2.93. The van der Waals surface area contributed by atoms with Crippen molar-refractivity contribution < 1.29 is 13.2 Å². The van der Waals surface area contributed by atoms with E-state index < -0.39 is 11.9 Å². The van der Waals surface area contributed by atoms with Crippen molar-refractivity contribution in [2.45, 2.75) is 12.2 Å². The lowest BCUT2D eigenvalue weighted by Gasteiger charge is -2.36. The molecular formula is C11H17BrF3N5. The van der Waals surface area contributed by atoms with Crippen molar-refractivity contribution in [2.75, 3.05) is 39.8 Å². The minimum absolute atomic E-state index is 0.0234. The number of alkyl halides is 3. The van der Waals surface area contributed by atoms with E-state index in [1.165, 1.54) is 0 Å². The molecular weight excluding hydrogens is 339 g/mol. The van der Waals surface area contributed by atoms with E-state index in [9.17, 15) is 13.2 Å². The van der Waals surface area contributed by atoms with Crippen LogP contribution in [0.5, 0.6) is 0 Å². The van der Waals surface area contributed by atoms with Gasteiger partial charge >= 0.3 is 6.18 Å².